The Balaban J connectivity index is 2.30. The van der Waals surface area contributed by atoms with E-state index in [1.807, 2.05) is 0 Å². The number of nitrogens with zero attached hydrogens (tertiary/aromatic N) is 2. The number of aliphatic carboxylic acids is 1. The van der Waals surface area contributed by atoms with Crippen LogP contribution in [0.5, 0.6) is 0 Å². The standard InChI is InChI=1S/C13H9F2N3O3/c14-8-1-2-10(15)9(5-8)11(13(20)21)18-12(19)7-3-4-16-17-6-7/h1-6,11H,(H,18,19)(H,20,21). The van der Waals surface area contributed by atoms with Crippen molar-refractivity contribution in [1.29, 1.82) is 0 Å². The summed E-state index contributed by atoms with van der Waals surface area (Å²) in [5.41, 5.74) is -0.425. The molecule has 0 aliphatic heterocycles. The summed E-state index contributed by atoms with van der Waals surface area (Å²) in [6, 6.07) is 1.96. The van der Waals surface area contributed by atoms with Crippen LogP contribution >= 0.6 is 0 Å². The summed E-state index contributed by atoms with van der Waals surface area (Å²) in [7, 11) is 0. The van der Waals surface area contributed by atoms with Crippen LogP contribution in [0.4, 0.5) is 8.78 Å². The molecule has 2 N–H and O–H groups in total. The zero-order chi connectivity index (χ0) is 15.4. The van der Waals surface area contributed by atoms with E-state index in [0.717, 1.165) is 24.4 Å². The Hall–Kier alpha value is -2.90. The Bertz CT molecular complexity index is 680. The number of rotatable bonds is 4. The number of nitrogens with one attached hydrogen (secondary N) is 1. The molecule has 0 aliphatic rings. The monoisotopic (exact) mass is 293 g/mol. The molecule has 0 aliphatic carbocycles. The molecular weight excluding hydrogens is 284 g/mol. The van der Waals surface area contributed by atoms with Crippen molar-refractivity contribution >= 4 is 11.9 Å². The van der Waals surface area contributed by atoms with Gasteiger partial charge in [0.25, 0.3) is 5.91 Å². The SMILES string of the molecule is O=C(NC(C(=O)O)c1cc(F)ccc1F)c1ccnnc1. The summed E-state index contributed by atoms with van der Waals surface area (Å²) in [6.45, 7) is 0. The van der Waals surface area contributed by atoms with Crippen LogP contribution in [0, 0.1) is 11.6 Å². The Morgan fingerprint density at radius 1 is 1.19 bits per heavy atom. The molecule has 1 aromatic carbocycles. The number of amides is 1. The number of carboxylic acids is 1. The molecule has 2 aromatic rings. The van der Waals surface area contributed by atoms with Gasteiger partial charge in [0.2, 0.25) is 0 Å². The number of hydrogen-bond donors (Lipinski definition) is 2. The molecule has 0 saturated carbocycles. The Morgan fingerprint density at radius 2 is 1.95 bits per heavy atom. The highest BCUT2D eigenvalue weighted by atomic mass is 19.1. The van der Waals surface area contributed by atoms with Crippen molar-refractivity contribution in [2.45, 2.75) is 6.04 Å². The maximum atomic E-state index is 13.6. The van der Waals surface area contributed by atoms with Crippen LogP contribution < -0.4 is 5.32 Å². The van der Waals surface area contributed by atoms with Gasteiger partial charge in [-0.3, -0.25) is 4.79 Å². The van der Waals surface area contributed by atoms with Gasteiger partial charge in [-0.1, -0.05) is 0 Å². The minimum atomic E-state index is -1.72. The average molecular weight is 293 g/mol. The van der Waals surface area contributed by atoms with Gasteiger partial charge in [-0.25, -0.2) is 13.6 Å². The van der Waals surface area contributed by atoms with Crippen molar-refractivity contribution in [2.75, 3.05) is 0 Å². The maximum absolute atomic E-state index is 13.6. The topological polar surface area (TPSA) is 92.2 Å². The van der Waals surface area contributed by atoms with Gasteiger partial charge < -0.3 is 10.4 Å². The summed E-state index contributed by atoms with van der Waals surface area (Å²) in [6.07, 6.45) is 2.36. The fraction of sp³-hybridized carbons (Fsp3) is 0.0769. The summed E-state index contributed by atoms with van der Waals surface area (Å²) >= 11 is 0. The van der Waals surface area contributed by atoms with E-state index >= 15 is 0 Å². The number of aromatic nitrogens is 2. The van der Waals surface area contributed by atoms with Crippen LogP contribution in [0.25, 0.3) is 0 Å². The van der Waals surface area contributed by atoms with Crippen molar-refractivity contribution in [3.05, 3.63) is 59.4 Å². The summed E-state index contributed by atoms with van der Waals surface area (Å²) in [4.78, 5) is 23.1. The first kappa shape index (κ1) is 14.5. The lowest BCUT2D eigenvalue weighted by Gasteiger charge is -2.15. The highest BCUT2D eigenvalue weighted by Gasteiger charge is 2.26. The number of carbonyl (C=O) groups is 2. The average Bonchev–Trinajstić information content (AvgIpc) is 2.48. The molecule has 0 saturated heterocycles. The quantitative estimate of drug-likeness (QED) is 0.886. The van der Waals surface area contributed by atoms with Gasteiger partial charge in [0.1, 0.15) is 11.6 Å². The summed E-state index contributed by atoms with van der Waals surface area (Å²) < 4.78 is 26.8. The number of halogens is 2. The zero-order valence-electron chi connectivity index (χ0n) is 10.5. The largest absolute Gasteiger partial charge is 0.479 e. The predicted molar refractivity (Wildman–Crippen MR) is 66.2 cm³/mol. The van der Waals surface area contributed by atoms with Crippen LogP contribution in [-0.2, 0) is 4.79 Å². The van der Waals surface area contributed by atoms with Crippen LogP contribution in [-0.4, -0.2) is 27.2 Å². The van der Waals surface area contributed by atoms with E-state index < -0.39 is 35.1 Å². The van der Waals surface area contributed by atoms with Crippen molar-refractivity contribution < 1.29 is 23.5 Å². The molecule has 1 aromatic heterocycles. The smallest absolute Gasteiger partial charge is 0.331 e. The minimum absolute atomic E-state index is 0.0491. The van der Waals surface area contributed by atoms with Crippen molar-refractivity contribution in [2.24, 2.45) is 0 Å². The molecular formula is C13H9F2N3O3. The number of carboxylic acid groups (broad SMARTS) is 1. The third kappa shape index (κ3) is 3.35. The van der Waals surface area contributed by atoms with E-state index in [2.05, 4.69) is 15.5 Å². The second-order valence-electron chi connectivity index (χ2n) is 4.04. The molecule has 21 heavy (non-hydrogen) atoms. The van der Waals surface area contributed by atoms with E-state index in [4.69, 9.17) is 5.11 Å². The van der Waals surface area contributed by atoms with Gasteiger partial charge in [0.05, 0.1) is 18.0 Å². The second-order valence-corrected chi connectivity index (χ2v) is 4.04. The summed E-state index contributed by atoms with van der Waals surface area (Å²) in [5.74, 6) is -4.05. The molecule has 2 rings (SSSR count). The van der Waals surface area contributed by atoms with Crippen LogP contribution in [0.1, 0.15) is 22.0 Å². The van der Waals surface area contributed by atoms with Crippen LogP contribution in [0.2, 0.25) is 0 Å². The van der Waals surface area contributed by atoms with Crippen molar-refractivity contribution in [3.63, 3.8) is 0 Å². The summed E-state index contributed by atoms with van der Waals surface area (Å²) in [5, 5.41) is 18.2. The fourth-order valence-corrected chi connectivity index (χ4v) is 1.65. The third-order valence-electron chi connectivity index (χ3n) is 2.64. The van der Waals surface area contributed by atoms with E-state index in [1.54, 1.807) is 0 Å². The molecule has 6 nitrogen and oxygen atoms in total. The van der Waals surface area contributed by atoms with Gasteiger partial charge in [-0.15, -0.1) is 0 Å². The number of hydrogen-bond acceptors (Lipinski definition) is 4. The zero-order valence-corrected chi connectivity index (χ0v) is 10.5. The lowest BCUT2D eigenvalue weighted by molar-refractivity contribution is -0.139. The molecule has 1 atom stereocenters. The second kappa shape index (κ2) is 6.04. The van der Waals surface area contributed by atoms with Gasteiger partial charge in [0.15, 0.2) is 6.04 Å². The Kier molecular flexibility index (Phi) is 4.17. The molecule has 0 bridgehead atoms. The minimum Gasteiger partial charge on any atom is -0.479 e. The normalized spacial score (nSPS) is 11.7. The molecule has 0 spiro atoms. The van der Waals surface area contributed by atoms with Gasteiger partial charge in [-0.2, -0.15) is 10.2 Å². The fourth-order valence-electron chi connectivity index (χ4n) is 1.65. The van der Waals surface area contributed by atoms with Crippen LogP contribution in [0.15, 0.2) is 36.7 Å². The molecule has 1 amide bonds. The first-order chi connectivity index (χ1) is 9.99. The lowest BCUT2D eigenvalue weighted by Crippen LogP contribution is -2.34. The number of carbonyl (C=O) groups excluding carboxylic acids is 1. The highest BCUT2D eigenvalue weighted by Crippen LogP contribution is 2.19. The van der Waals surface area contributed by atoms with Crippen LogP contribution in [0.3, 0.4) is 0 Å². The molecule has 1 heterocycles. The van der Waals surface area contributed by atoms with E-state index in [9.17, 15) is 18.4 Å². The maximum Gasteiger partial charge on any atom is 0.331 e. The highest BCUT2D eigenvalue weighted by molar-refractivity contribution is 5.96. The van der Waals surface area contributed by atoms with Gasteiger partial charge in [-0.05, 0) is 24.3 Å². The predicted octanol–water partition coefficient (Wildman–Crippen LogP) is 1.31. The van der Waals surface area contributed by atoms with E-state index in [1.165, 1.54) is 12.3 Å². The molecule has 8 heteroatoms. The van der Waals surface area contributed by atoms with Crippen molar-refractivity contribution in [3.8, 4) is 0 Å². The molecule has 108 valence electrons. The van der Waals surface area contributed by atoms with Crippen molar-refractivity contribution in [1.82, 2.24) is 15.5 Å². The molecule has 0 fully saturated rings. The lowest BCUT2D eigenvalue weighted by atomic mass is 10.1. The third-order valence-corrected chi connectivity index (χ3v) is 2.64. The first-order valence-corrected chi connectivity index (χ1v) is 5.74. The molecule has 0 radical (unpaired) electrons. The number of benzene rings is 1. The van der Waals surface area contributed by atoms with E-state index in [-0.39, 0.29) is 5.56 Å². The Morgan fingerprint density at radius 3 is 2.57 bits per heavy atom. The first-order valence-electron chi connectivity index (χ1n) is 5.74. The van der Waals surface area contributed by atoms with E-state index in [0.29, 0.717) is 0 Å². The molecule has 1 unspecified atom stereocenters. The van der Waals surface area contributed by atoms with Gasteiger partial charge >= 0.3 is 5.97 Å². The Labute approximate surface area is 117 Å². The van der Waals surface area contributed by atoms with Gasteiger partial charge in [0, 0.05) is 5.56 Å².